The fourth-order valence-corrected chi connectivity index (χ4v) is 3.28. The van der Waals surface area contributed by atoms with Crippen molar-refractivity contribution in [2.45, 2.75) is 32.2 Å². The van der Waals surface area contributed by atoms with E-state index in [4.69, 9.17) is 0 Å². The number of carbonyl (C=O) groups is 1. The molecule has 1 saturated heterocycles. The Morgan fingerprint density at radius 3 is 2.75 bits per heavy atom. The van der Waals surface area contributed by atoms with Crippen LogP contribution in [-0.2, 0) is 0 Å². The zero-order valence-corrected chi connectivity index (χ0v) is 13.8. The highest BCUT2D eigenvalue weighted by molar-refractivity contribution is 14.1. The van der Waals surface area contributed by atoms with E-state index in [0.717, 1.165) is 32.5 Å². The van der Waals surface area contributed by atoms with Gasteiger partial charge in [0.05, 0.1) is 5.56 Å². The molecule has 110 valence electrons. The van der Waals surface area contributed by atoms with Crippen molar-refractivity contribution in [1.82, 2.24) is 10.2 Å². The summed E-state index contributed by atoms with van der Waals surface area (Å²) in [5.74, 6) is -0.401. The van der Waals surface area contributed by atoms with Crippen molar-refractivity contribution >= 4 is 28.5 Å². The lowest BCUT2D eigenvalue weighted by atomic mass is 10.0. The van der Waals surface area contributed by atoms with Crippen LogP contribution >= 0.6 is 22.6 Å². The summed E-state index contributed by atoms with van der Waals surface area (Å²) in [4.78, 5) is 14.6. The van der Waals surface area contributed by atoms with Crippen molar-refractivity contribution in [3.63, 3.8) is 0 Å². The first kappa shape index (κ1) is 15.7. The largest absolute Gasteiger partial charge is 0.349 e. The summed E-state index contributed by atoms with van der Waals surface area (Å²) in [5, 5.41) is 3.07. The molecule has 1 aromatic rings. The van der Waals surface area contributed by atoms with Gasteiger partial charge in [-0.1, -0.05) is 6.92 Å². The van der Waals surface area contributed by atoms with E-state index in [-0.39, 0.29) is 17.8 Å². The molecule has 0 saturated carbocycles. The fourth-order valence-electron chi connectivity index (χ4n) is 2.55. The molecule has 1 aromatic carbocycles. The van der Waals surface area contributed by atoms with Crippen molar-refractivity contribution < 1.29 is 9.18 Å². The number of nitrogens with zero attached hydrogens (tertiary/aromatic N) is 1. The monoisotopic (exact) mass is 390 g/mol. The molecule has 1 N–H and O–H groups in total. The van der Waals surface area contributed by atoms with Crippen LogP contribution in [0.25, 0.3) is 0 Å². The van der Waals surface area contributed by atoms with E-state index in [2.05, 4.69) is 17.1 Å². The average molecular weight is 390 g/mol. The number of likely N-dealkylation sites (tertiary alicyclic amines) is 1. The van der Waals surface area contributed by atoms with E-state index in [1.165, 1.54) is 18.6 Å². The Kier molecular flexibility index (Phi) is 5.77. The SMILES string of the molecule is CCCN1CCC(NC(=O)c2ccc(F)cc2I)CC1. The van der Waals surface area contributed by atoms with Crippen LogP contribution in [0, 0.1) is 9.39 Å². The van der Waals surface area contributed by atoms with Gasteiger partial charge in [0.15, 0.2) is 0 Å². The molecular weight excluding hydrogens is 370 g/mol. The summed E-state index contributed by atoms with van der Waals surface area (Å²) in [6.45, 7) is 5.40. The van der Waals surface area contributed by atoms with Crippen molar-refractivity contribution in [1.29, 1.82) is 0 Å². The maximum Gasteiger partial charge on any atom is 0.252 e. The van der Waals surface area contributed by atoms with E-state index >= 15 is 0 Å². The zero-order chi connectivity index (χ0) is 14.5. The molecule has 1 aliphatic rings. The second kappa shape index (κ2) is 7.36. The van der Waals surface area contributed by atoms with Gasteiger partial charge in [0.25, 0.3) is 5.91 Å². The number of hydrogen-bond donors (Lipinski definition) is 1. The van der Waals surface area contributed by atoms with Crippen molar-refractivity contribution in [3.05, 3.63) is 33.1 Å². The van der Waals surface area contributed by atoms with E-state index in [1.807, 2.05) is 22.6 Å². The second-order valence-electron chi connectivity index (χ2n) is 5.21. The number of carbonyl (C=O) groups excluding carboxylic acids is 1. The van der Waals surface area contributed by atoms with Crippen LogP contribution in [0.15, 0.2) is 18.2 Å². The molecule has 1 heterocycles. The predicted octanol–water partition coefficient (Wildman–Crippen LogP) is 3.03. The Balaban J connectivity index is 1.89. The molecule has 2 rings (SSSR count). The van der Waals surface area contributed by atoms with Gasteiger partial charge in [-0.3, -0.25) is 4.79 Å². The number of rotatable bonds is 4. The smallest absolute Gasteiger partial charge is 0.252 e. The second-order valence-corrected chi connectivity index (χ2v) is 6.38. The van der Waals surface area contributed by atoms with Gasteiger partial charge < -0.3 is 10.2 Å². The average Bonchev–Trinajstić information content (AvgIpc) is 2.41. The Hall–Kier alpha value is -0.690. The number of halogens is 2. The third kappa shape index (κ3) is 4.15. The van der Waals surface area contributed by atoms with Crippen LogP contribution in [0.1, 0.15) is 36.5 Å². The molecule has 20 heavy (non-hydrogen) atoms. The highest BCUT2D eigenvalue weighted by atomic mass is 127. The Morgan fingerprint density at radius 2 is 2.15 bits per heavy atom. The number of nitrogens with one attached hydrogen (secondary N) is 1. The van der Waals surface area contributed by atoms with E-state index in [1.54, 1.807) is 6.07 Å². The van der Waals surface area contributed by atoms with Gasteiger partial charge >= 0.3 is 0 Å². The number of piperidine rings is 1. The van der Waals surface area contributed by atoms with Crippen LogP contribution < -0.4 is 5.32 Å². The summed E-state index contributed by atoms with van der Waals surface area (Å²) >= 11 is 2.00. The summed E-state index contributed by atoms with van der Waals surface area (Å²) in [6, 6.07) is 4.51. The Morgan fingerprint density at radius 1 is 1.45 bits per heavy atom. The quantitative estimate of drug-likeness (QED) is 0.802. The van der Waals surface area contributed by atoms with Gasteiger partial charge in [0.1, 0.15) is 5.82 Å². The standard InChI is InChI=1S/C15H20FIN2O/c1-2-7-19-8-5-12(6-9-19)18-15(20)13-4-3-11(16)10-14(13)17/h3-4,10,12H,2,5-9H2,1H3,(H,18,20). The summed E-state index contributed by atoms with van der Waals surface area (Å²) in [6.07, 6.45) is 3.15. The predicted molar refractivity (Wildman–Crippen MR) is 86.3 cm³/mol. The summed E-state index contributed by atoms with van der Waals surface area (Å²) in [5.41, 5.74) is 0.558. The summed E-state index contributed by atoms with van der Waals surface area (Å²) in [7, 11) is 0. The highest BCUT2D eigenvalue weighted by Gasteiger charge is 2.21. The Labute approximate surface area is 133 Å². The van der Waals surface area contributed by atoms with Gasteiger partial charge in [-0.05, 0) is 66.6 Å². The van der Waals surface area contributed by atoms with Crippen molar-refractivity contribution in [2.75, 3.05) is 19.6 Å². The molecule has 0 atom stereocenters. The minimum absolute atomic E-state index is 0.0941. The van der Waals surface area contributed by atoms with E-state index in [0.29, 0.717) is 9.13 Å². The molecule has 3 nitrogen and oxygen atoms in total. The first-order valence-corrected chi connectivity index (χ1v) is 8.16. The molecule has 5 heteroatoms. The molecule has 0 spiro atoms. The molecule has 0 radical (unpaired) electrons. The van der Waals surface area contributed by atoms with Crippen molar-refractivity contribution in [2.24, 2.45) is 0 Å². The van der Waals surface area contributed by atoms with Gasteiger partial charge in [-0.25, -0.2) is 4.39 Å². The van der Waals surface area contributed by atoms with Crippen LogP contribution in [0.2, 0.25) is 0 Å². The number of benzene rings is 1. The van der Waals surface area contributed by atoms with Crippen LogP contribution in [0.5, 0.6) is 0 Å². The molecule has 0 aromatic heterocycles. The third-order valence-corrected chi connectivity index (χ3v) is 4.53. The molecule has 0 aliphatic carbocycles. The van der Waals surface area contributed by atoms with Gasteiger partial charge in [-0.15, -0.1) is 0 Å². The molecule has 0 unspecified atom stereocenters. The minimum atomic E-state index is -0.307. The molecule has 1 fully saturated rings. The van der Waals surface area contributed by atoms with E-state index in [9.17, 15) is 9.18 Å². The Bertz CT molecular complexity index is 473. The van der Waals surface area contributed by atoms with Crippen LogP contribution in [0.4, 0.5) is 4.39 Å². The summed E-state index contributed by atoms with van der Waals surface area (Å²) < 4.78 is 13.7. The van der Waals surface area contributed by atoms with Gasteiger partial charge in [0, 0.05) is 22.7 Å². The lowest BCUT2D eigenvalue weighted by molar-refractivity contribution is 0.0910. The lowest BCUT2D eigenvalue weighted by Gasteiger charge is -2.32. The normalized spacial score (nSPS) is 17.1. The molecule has 1 aliphatic heterocycles. The number of hydrogen-bond acceptors (Lipinski definition) is 2. The topological polar surface area (TPSA) is 32.3 Å². The van der Waals surface area contributed by atoms with Crippen molar-refractivity contribution in [3.8, 4) is 0 Å². The first-order valence-electron chi connectivity index (χ1n) is 7.08. The molecule has 0 bridgehead atoms. The third-order valence-electron chi connectivity index (χ3n) is 3.64. The molecular formula is C15H20FIN2O. The number of amides is 1. The molecule has 1 amide bonds. The lowest BCUT2D eigenvalue weighted by Crippen LogP contribution is -2.44. The van der Waals surface area contributed by atoms with Gasteiger partial charge in [0.2, 0.25) is 0 Å². The maximum atomic E-state index is 13.0. The van der Waals surface area contributed by atoms with Crippen LogP contribution in [-0.4, -0.2) is 36.5 Å². The first-order chi connectivity index (χ1) is 9.60. The van der Waals surface area contributed by atoms with Gasteiger partial charge in [-0.2, -0.15) is 0 Å². The fraction of sp³-hybridized carbons (Fsp3) is 0.533. The maximum absolute atomic E-state index is 13.0. The van der Waals surface area contributed by atoms with Crippen LogP contribution in [0.3, 0.4) is 0 Å². The highest BCUT2D eigenvalue weighted by Crippen LogP contribution is 2.16. The minimum Gasteiger partial charge on any atom is -0.349 e. The van der Waals surface area contributed by atoms with E-state index < -0.39 is 0 Å². The zero-order valence-electron chi connectivity index (χ0n) is 11.7.